The van der Waals surface area contributed by atoms with Crippen molar-refractivity contribution in [3.05, 3.63) is 87.7 Å². The van der Waals surface area contributed by atoms with Gasteiger partial charge in [0, 0.05) is 17.8 Å². The largest absolute Gasteiger partial charge is 0.324 e. The number of aromatic nitrogens is 3. The minimum atomic E-state index is -0.391. The van der Waals surface area contributed by atoms with Gasteiger partial charge in [-0.05, 0) is 24.1 Å². The molecule has 1 N–H and O–H groups in total. The summed E-state index contributed by atoms with van der Waals surface area (Å²) >= 11 is 0. The molecule has 1 atom stereocenters. The first kappa shape index (κ1) is 15.1. The first-order valence-corrected chi connectivity index (χ1v) is 7.81. The molecule has 0 spiro atoms. The number of allylic oxidation sites excluding steroid dienone is 1. The Morgan fingerprint density at radius 2 is 2.00 bits per heavy atom. The fourth-order valence-electron chi connectivity index (χ4n) is 2.89. The number of nitrogens with one attached hydrogen (secondary N) is 1. The van der Waals surface area contributed by atoms with Gasteiger partial charge in [0.25, 0.3) is 5.69 Å². The van der Waals surface area contributed by atoms with Gasteiger partial charge in [-0.3, -0.25) is 10.1 Å². The van der Waals surface area contributed by atoms with Crippen LogP contribution in [0.2, 0.25) is 0 Å². The van der Waals surface area contributed by atoms with Crippen LogP contribution in [0.4, 0.5) is 11.6 Å². The lowest BCUT2D eigenvalue weighted by molar-refractivity contribution is -0.384. The number of nitro groups is 1. The number of fused-ring (bicyclic) bond motifs is 1. The highest BCUT2D eigenvalue weighted by Gasteiger charge is 2.24. The molecule has 0 amide bonds. The zero-order chi connectivity index (χ0) is 17.4. The molecule has 7 nitrogen and oxygen atoms in total. The van der Waals surface area contributed by atoms with E-state index in [1.807, 2.05) is 43.3 Å². The average Bonchev–Trinajstić information content (AvgIpc) is 3.10. The maximum absolute atomic E-state index is 11.1. The Kier molecular flexibility index (Phi) is 3.53. The lowest BCUT2D eigenvalue weighted by Gasteiger charge is -2.24. The SMILES string of the molecule is Cc1ccc(C2=C[C@H](c3cccc([N+](=O)[O-])c3)n3ncnc3N2)cc1. The number of benzene rings is 2. The number of rotatable bonds is 3. The van der Waals surface area contributed by atoms with Crippen LogP contribution in [0.15, 0.2) is 60.9 Å². The third-order valence-corrected chi connectivity index (χ3v) is 4.19. The van der Waals surface area contributed by atoms with Gasteiger partial charge in [0.15, 0.2) is 0 Å². The van der Waals surface area contributed by atoms with E-state index in [0.29, 0.717) is 5.95 Å². The molecule has 0 radical (unpaired) electrons. The molecule has 4 rings (SSSR count). The molecule has 124 valence electrons. The van der Waals surface area contributed by atoms with Gasteiger partial charge < -0.3 is 5.32 Å². The Morgan fingerprint density at radius 1 is 1.20 bits per heavy atom. The predicted octanol–water partition coefficient (Wildman–Crippen LogP) is 3.55. The smallest absolute Gasteiger partial charge is 0.269 e. The number of hydrogen-bond acceptors (Lipinski definition) is 5. The van der Waals surface area contributed by atoms with E-state index in [9.17, 15) is 10.1 Å². The molecule has 7 heteroatoms. The summed E-state index contributed by atoms with van der Waals surface area (Å²) in [4.78, 5) is 15.0. The molecule has 2 heterocycles. The maximum atomic E-state index is 11.1. The lowest BCUT2D eigenvalue weighted by atomic mass is 10.0. The summed E-state index contributed by atoms with van der Waals surface area (Å²) in [5, 5.41) is 18.6. The van der Waals surface area contributed by atoms with E-state index >= 15 is 0 Å². The zero-order valence-electron chi connectivity index (χ0n) is 13.5. The third-order valence-electron chi connectivity index (χ3n) is 4.19. The van der Waals surface area contributed by atoms with Gasteiger partial charge in [-0.15, -0.1) is 0 Å². The Labute approximate surface area is 143 Å². The van der Waals surface area contributed by atoms with Gasteiger partial charge >= 0.3 is 0 Å². The second-order valence-corrected chi connectivity index (χ2v) is 5.90. The van der Waals surface area contributed by atoms with Gasteiger partial charge in [0.2, 0.25) is 5.95 Å². The van der Waals surface area contributed by atoms with Crippen LogP contribution in [0.3, 0.4) is 0 Å². The number of non-ortho nitro benzene ring substituents is 1. The van der Waals surface area contributed by atoms with Gasteiger partial charge in [0.1, 0.15) is 12.4 Å². The topological polar surface area (TPSA) is 85.9 Å². The molecule has 0 saturated carbocycles. The van der Waals surface area contributed by atoms with Crippen molar-refractivity contribution in [1.82, 2.24) is 14.8 Å². The molecule has 0 saturated heterocycles. The minimum absolute atomic E-state index is 0.0583. The van der Waals surface area contributed by atoms with E-state index in [1.165, 1.54) is 18.0 Å². The van der Waals surface area contributed by atoms with E-state index in [0.717, 1.165) is 16.8 Å². The van der Waals surface area contributed by atoms with Crippen molar-refractivity contribution in [1.29, 1.82) is 0 Å². The van der Waals surface area contributed by atoms with Crippen molar-refractivity contribution in [2.24, 2.45) is 0 Å². The number of nitrogens with zero attached hydrogens (tertiary/aromatic N) is 4. The molecule has 0 bridgehead atoms. The highest BCUT2D eigenvalue weighted by Crippen LogP contribution is 2.33. The van der Waals surface area contributed by atoms with Gasteiger partial charge in [0.05, 0.1) is 4.92 Å². The van der Waals surface area contributed by atoms with Crippen molar-refractivity contribution in [3.8, 4) is 0 Å². The standard InChI is InChI=1S/C18H15N5O2/c1-12-5-7-13(8-6-12)16-10-17(22-18(21-16)19-11-20-22)14-3-2-4-15(9-14)23(24)25/h2-11,17H,1H3,(H,19,20,21)/t17-/m1/s1. The third kappa shape index (κ3) is 2.76. The first-order valence-electron chi connectivity index (χ1n) is 7.81. The van der Waals surface area contributed by atoms with Crippen LogP contribution in [-0.4, -0.2) is 19.7 Å². The normalized spacial score (nSPS) is 15.9. The van der Waals surface area contributed by atoms with Crippen LogP contribution >= 0.6 is 0 Å². The Bertz CT molecular complexity index is 975. The van der Waals surface area contributed by atoms with E-state index in [1.54, 1.807) is 16.8 Å². The van der Waals surface area contributed by atoms with Crippen LogP contribution in [0.25, 0.3) is 5.70 Å². The number of hydrogen-bond donors (Lipinski definition) is 1. The summed E-state index contributed by atoms with van der Waals surface area (Å²) in [6, 6.07) is 14.5. The predicted molar refractivity (Wildman–Crippen MR) is 94.0 cm³/mol. The highest BCUT2D eigenvalue weighted by molar-refractivity contribution is 5.77. The summed E-state index contributed by atoms with van der Waals surface area (Å²) in [7, 11) is 0. The summed E-state index contributed by atoms with van der Waals surface area (Å²) in [5.41, 5.74) is 3.95. The van der Waals surface area contributed by atoms with E-state index in [2.05, 4.69) is 15.4 Å². The zero-order valence-corrected chi connectivity index (χ0v) is 13.5. The highest BCUT2D eigenvalue weighted by atomic mass is 16.6. The van der Waals surface area contributed by atoms with Crippen LogP contribution in [0.1, 0.15) is 22.7 Å². The molecule has 1 aromatic heterocycles. The fourth-order valence-corrected chi connectivity index (χ4v) is 2.89. The van der Waals surface area contributed by atoms with Crippen LogP contribution in [0, 0.1) is 17.0 Å². The van der Waals surface area contributed by atoms with Crippen molar-refractivity contribution in [3.63, 3.8) is 0 Å². The van der Waals surface area contributed by atoms with E-state index < -0.39 is 4.92 Å². The number of aryl methyl sites for hydroxylation is 1. The molecule has 3 aromatic rings. The number of nitro benzene ring substituents is 1. The van der Waals surface area contributed by atoms with Crippen molar-refractivity contribution in [2.45, 2.75) is 13.0 Å². The van der Waals surface area contributed by atoms with E-state index in [-0.39, 0.29) is 11.7 Å². The summed E-state index contributed by atoms with van der Waals surface area (Å²) in [6.45, 7) is 2.04. The summed E-state index contributed by atoms with van der Waals surface area (Å²) in [5.74, 6) is 0.606. The van der Waals surface area contributed by atoms with Crippen LogP contribution in [0.5, 0.6) is 0 Å². The first-order chi connectivity index (χ1) is 12.1. The minimum Gasteiger partial charge on any atom is -0.324 e. The quantitative estimate of drug-likeness (QED) is 0.585. The van der Waals surface area contributed by atoms with Gasteiger partial charge in [-0.25, -0.2) is 4.68 Å². The molecular weight excluding hydrogens is 318 g/mol. The van der Waals surface area contributed by atoms with E-state index in [4.69, 9.17) is 0 Å². The molecule has 1 aliphatic heterocycles. The van der Waals surface area contributed by atoms with Crippen LogP contribution in [-0.2, 0) is 0 Å². The Morgan fingerprint density at radius 3 is 2.76 bits per heavy atom. The van der Waals surface area contributed by atoms with Gasteiger partial charge in [-0.2, -0.15) is 10.1 Å². The molecule has 2 aromatic carbocycles. The van der Waals surface area contributed by atoms with Crippen molar-refractivity contribution in [2.75, 3.05) is 5.32 Å². The molecule has 0 unspecified atom stereocenters. The molecule has 25 heavy (non-hydrogen) atoms. The molecule has 1 aliphatic rings. The average molecular weight is 333 g/mol. The van der Waals surface area contributed by atoms with Gasteiger partial charge in [-0.1, -0.05) is 42.0 Å². The summed E-state index contributed by atoms with van der Waals surface area (Å²) < 4.78 is 1.72. The molecule has 0 fully saturated rings. The van der Waals surface area contributed by atoms with Crippen molar-refractivity contribution >= 4 is 17.3 Å². The number of anilines is 1. The van der Waals surface area contributed by atoms with Crippen LogP contribution < -0.4 is 5.32 Å². The maximum Gasteiger partial charge on any atom is 0.269 e. The monoisotopic (exact) mass is 333 g/mol. The second-order valence-electron chi connectivity index (χ2n) is 5.90. The molecular formula is C18H15N5O2. The summed E-state index contributed by atoms with van der Waals surface area (Å²) in [6.07, 6.45) is 3.48. The van der Waals surface area contributed by atoms with Crippen molar-refractivity contribution < 1.29 is 4.92 Å². The lowest BCUT2D eigenvalue weighted by Crippen LogP contribution is -2.20. The Hall–Kier alpha value is -3.48. The molecule has 0 aliphatic carbocycles. The Balaban J connectivity index is 1.81. The second kappa shape index (κ2) is 5.86. The fraction of sp³-hybridized carbons (Fsp3) is 0.111.